The van der Waals surface area contributed by atoms with Crippen LogP contribution in [0.5, 0.6) is 0 Å². The number of hydrogen-bond acceptors (Lipinski definition) is 3. The number of rotatable bonds is 4. The fraction of sp³-hybridized carbons (Fsp3) is 0.526. The molecule has 3 heterocycles. The molecule has 1 saturated heterocycles. The fourth-order valence-corrected chi connectivity index (χ4v) is 4.29. The molecule has 1 aliphatic rings. The Hall–Kier alpha value is -1.59. The third kappa shape index (κ3) is 3.42. The summed E-state index contributed by atoms with van der Waals surface area (Å²) in [4.78, 5) is 16.1. The van der Waals surface area contributed by atoms with E-state index in [4.69, 9.17) is 0 Å². The van der Waals surface area contributed by atoms with Gasteiger partial charge < -0.3 is 14.8 Å². The highest BCUT2D eigenvalue weighted by Gasteiger charge is 2.24. The molecule has 0 unspecified atom stereocenters. The van der Waals surface area contributed by atoms with Crippen molar-refractivity contribution in [3.63, 3.8) is 0 Å². The Kier molecular flexibility index (Phi) is 5.11. The molecule has 0 atom stereocenters. The first-order valence-corrected chi connectivity index (χ1v) is 9.63. The molecular formula is C19H27N3OS. The van der Waals surface area contributed by atoms with Gasteiger partial charge in [0.05, 0.1) is 5.69 Å². The van der Waals surface area contributed by atoms with Crippen LogP contribution in [-0.4, -0.2) is 40.5 Å². The van der Waals surface area contributed by atoms with Crippen molar-refractivity contribution in [2.75, 3.05) is 13.1 Å². The first-order valence-electron chi connectivity index (χ1n) is 8.75. The zero-order chi connectivity index (χ0) is 17.3. The van der Waals surface area contributed by atoms with Crippen molar-refractivity contribution >= 4 is 17.2 Å². The third-order valence-electron chi connectivity index (χ3n) is 4.96. The minimum atomic E-state index is 0.0653. The standard InChI is InChI=1S/C19H27N3OS/c1-13(2)21-10-7-16(8-11-21)20-19(23)18-17(9-12-24-18)22-14(3)5-6-15(22)4/h5-6,9,12-13,16H,7-8,10-11H2,1-4H3,(H,20,23). The number of nitrogens with one attached hydrogen (secondary N) is 1. The Morgan fingerprint density at radius 3 is 2.38 bits per heavy atom. The van der Waals surface area contributed by atoms with Gasteiger partial charge in [0.1, 0.15) is 4.88 Å². The molecule has 0 aromatic carbocycles. The van der Waals surface area contributed by atoms with Crippen LogP contribution in [0.1, 0.15) is 47.7 Å². The number of amides is 1. The Balaban J connectivity index is 1.70. The van der Waals surface area contributed by atoms with Gasteiger partial charge in [-0.15, -0.1) is 11.3 Å². The van der Waals surface area contributed by atoms with Gasteiger partial charge in [-0.3, -0.25) is 4.79 Å². The predicted octanol–water partition coefficient (Wildman–Crippen LogP) is 3.76. The van der Waals surface area contributed by atoms with Crippen LogP contribution in [0.25, 0.3) is 5.69 Å². The molecule has 0 saturated carbocycles. The molecule has 2 aromatic rings. The Labute approximate surface area is 148 Å². The van der Waals surface area contributed by atoms with Crippen LogP contribution in [0.3, 0.4) is 0 Å². The second-order valence-electron chi connectivity index (χ2n) is 6.96. The van der Waals surface area contributed by atoms with E-state index in [1.54, 1.807) is 0 Å². The number of aryl methyl sites for hydroxylation is 2. The van der Waals surface area contributed by atoms with Gasteiger partial charge in [0.15, 0.2) is 0 Å². The van der Waals surface area contributed by atoms with Crippen LogP contribution >= 0.6 is 11.3 Å². The summed E-state index contributed by atoms with van der Waals surface area (Å²) in [5.41, 5.74) is 3.31. The molecule has 1 fully saturated rings. The molecule has 0 aliphatic carbocycles. The molecule has 0 spiro atoms. The van der Waals surface area contributed by atoms with Gasteiger partial charge >= 0.3 is 0 Å². The molecule has 1 N–H and O–H groups in total. The van der Waals surface area contributed by atoms with Gasteiger partial charge in [-0.05, 0) is 64.1 Å². The van der Waals surface area contributed by atoms with E-state index < -0.39 is 0 Å². The molecule has 2 aromatic heterocycles. The van der Waals surface area contributed by atoms with Crippen molar-refractivity contribution in [2.24, 2.45) is 0 Å². The summed E-state index contributed by atoms with van der Waals surface area (Å²) in [6.45, 7) is 10.8. The maximum Gasteiger partial charge on any atom is 0.263 e. The van der Waals surface area contributed by atoms with Gasteiger partial charge in [0, 0.05) is 36.6 Å². The summed E-state index contributed by atoms with van der Waals surface area (Å²) in [5.74, 6) is 0.0653. The van der Waals surface area contributed by atoms with E-state index in [1.807, 2.05) is 11.4 Å². The quantitative estimate of drug-likeness (QED) is 0.916. The lowest BCUT2D eigenvalue weighted by atomic mass is 10.0. The van der Waals surface area contributed by atoms with Gasteiger partial charge in [-0.25, -0.2) is 0 Å². The lowest BCUT2D eigenvalue weighted by Gasteiger charge is -2.34. The number of aromatic nitrogens is 1. The van der Waals surface area contributed by atoms with Crippen molar-refractivity contribution < 1.29 is 4.79 Å². The summed E-state index contributed by atoms with van der Waals surface area (Å²) >= 11 is 1.52. The second kappa shape index (κ2) is 7.11. The van der Waals surface area contributed by atoms with Gasteiger partial charge in [-0.2, -0.15) is 0 Å². The summed E-state index contributed by atoms with van der Waals surface area (Å²) in [6.07, 6.45) is 2.07. The van der Waals surface area contributed by atoms with Gasteiger partial charge in [-0.1, -0.05) is 0 Å². The summed E-state index contributed by atoms with van der Waals surface area (Å²) in [7, 11) is 0. The molecule has 130 valence electrons. The number of carbonyl (C=O) groups excluding carboxylic acids is 1. The number of piperidine rings is 1. The largest absolute Gasteiger partial charge is 0.348 e. The minimum absolute atomic E-state index is 0.0653. The van der Waals surface area contributed by atoms with E-state index in [-0.39, 0.29) is 11.9 Å². The van der Waals surface area contributed by atoms with E-state index in [0.717, 1.165) is 47.9 Å². The van der Waals surface area contributed by atoms with Crippen LogP contribution in [0.15, 0.2) is 23.6 Å². The monoisotopic (exact) mass is 345 g/mol. The highest BCUT2D eigenvalue weighted by atomic mass is 32.1. The molecule has 1 aliphatic heterocycles. The van der Waals surface area contributed by atoms with E-state index in [2.05, 4.69) is 54.6 Å². The van der Waals surface area contributed by atoms with Crippen LogP contribution in [0.2, 0.25) is 0 Å². The molecule has 3 rings (SSSR count). The Morgan fingerprint density at radius 1 is 1.17 bits per heavy atom. The van der Waals surface area contributed by atoms with E-state index >= 15 is 0 Å². The smallest absolute Gasteiger partial charge is 0.263 e. The molecule has 1 amide bonds. The predicted molar refractivity (Wildman–Crippen MR) is 100 cm³/mol. The average Bonchev–Trinajstić information content (AvgIpc) is 3.14. The average molecular weight is 346 g/mol. The van der Waals surface area contributed by atoms with Gasteiger partial charge in [0.25, 0.3) is 5.91 Å². The van der Waals surface area contributed by atoms with Crippen molar-refractivity contribution in [1.29, 1.82) is 0 Å². The Morgan fingerprint density at radius 2 is 1.79 bits per heavy atom. The van der Waals surface area contributed by atoms with Crippen molar-refractivity contribution in [3.8, 4) is 5.69 Å². The maximum absolute atomic E-state index is 12.8. The lowest BCUT2D eigenvalue weighted by molar-refractivity contribution is 0.0904. The third-order valence-corrected chi connectivity index (χ3v) is 5.86. The summed E-state index contributed by atoms with van der Waals surface area (Å²) in [6, 6.07) is 7.10. The van der Waals surface area contributed by atoms with Crippen molar-refractivity contribution in [1.82, 2.24) is 14.8 Å². The first-order chi connectivity index (χ1) is 11.5. The number of hydrogen-bond donors (Lipinski definition) is 1. The van der Waals surface area contributed by atoms with Crippen LogP contribution in [0, 0.1) is 13.8 Å². The van der Waals surface area contributed by atoms with Crippen LogP contribution in [0.4, 0.5) is 0 Å². The number of thiophene rings is 1. The lowest BCUT2D eigenvalue weighted by Crippen LogP contribution is -2.46. The highest BCUT2D eigenvalue weighted by molar-refractivity contribution is 7.12. The number of likely N-dealkylation sites (tertiary alicyclic amines) is 1. The van der Waals surface area contributed by atoms with Crippen LogP contribution < -0.4 is 5.32 Å². The first kappa shape index (κ1) is 17.2. The Bertz CT molecular complexity index is 689. The molecule has 0 radical (unpaired) electrons. The number of nitrogens with zero attached hydrogens (tertiary/aromatic N) is 2. The SMILES string of the molecule is Cc1ccc(C)n1-c1ccsc1C(=O)NC1CCN(C(C)C)CC1. The van der Waals surface area contributed by atoms with Gasteiger partial charge in [0.2, 0.25) is 0 Å². The van der Waals surface area contributed by atoms with Crippen molar-refractivity contribution in [2.45, 2.75) is 52.6 Å². The normalized spacial score (nSPS) is 16.7. The van der Waals surface area contributed by atoms with E-state index in [9.17, 15) is 4.79 Å². The minimum Gasteiger partial charge on any atom is -0.348 e. The molecule has 24 heavy (non-hydrogen) atoms. The summed E-state index contributed by atoms with van der Waals surface area (Å²) < 4.78 is 2.16. The topological polar surface area (TPSA) is 37.3 Å². The van der Waals surface area contributed by atoms with Crippen molar-refractivity contribution in [3.05, 3.63) is 39.8 Å². The molecule has 5 heteroatoms. The molecular weight excluding hydrogens is 318 g/mol. The van der Waals surface area contributed by atoms with E-state index in [1.165, 1.54) is 11.3 Å². The zero-order valence-electron chi connectivity index (χ0n) is 15.0. The molecule has 0 bridgehead atoms. The zero-order valence-corrected chi connectivity index (χ0v) is 15.8. The number of carbonyl (C=O) groups is 1. The second-order valence-corrected chi connectivity index (χ2v) is 7.88. The van der Waals surface area contributed by atoms with Crippen LogP contribution in [-0.2, 0) is 0 Å². The molecule has 4 nitrogen and oxygen atoms in total. The van der Waals surface area contributed by atoms with E-state index in [0.29, 0.717) is 6.04 Å². The fourth-order valence-electron chi connectivity index (χ4n) is 3.51. The maximum atomic E-state index is 12.8. The highest BCUT2D eigenvalue weighted by Crippen LogP contribution is 2.25. The summed E-state index contributed by atoms with van der Waals surface area (Å²) in [5, 5.41) is 5.26.